The molecule has 2 unspecified atom stereocenters. The van der Waals surface area contributed by atoms with E-state index in [4.69, 9.17) is 28.5 Å². The van der Waals surface area contributed by atoms with Crippen molar-refractivity contribution in [1.29, 1.82) is 5.26 Å². The van der Waals surface area contributed by atoms with Crippen LogP contribution in [0, 0.1) is 23.1 Å². The Bertz CT molecular complexity index is 1170. The number of nitrogens with zero attached hydrogens (tertiary/aromatic N) is 5. The molecule has 162 valence electrons. The minimum absolute atomic E-state index is 0.0104. The molecule has 2 atom stereocenters. The number of rotatable bonds is 5. The quantitative estimate of drug-likeness (QED) is 0.601. The summed E-state index contributed by atoms with van der Waals surface area (Å²) < 4.78 is 13.1. The maximum Gasteiger partial charge on any atom is 0.255 e. The standard InChI is InChI=1S/C22H17Cl2FN6O/c23-19-4-2-13(5-20(19)24)18-12-31(21(32)14-1-3-17(6-26)27-7-14)11-15(18)8-28-22-29-9-16(25)10-30-22/h1-5,7,9-10,15,18H,8,11-12H2,(H,28,29,30). The molecule has 1 saturated heterocycles. The molecule has 1 amide bonds. The highest BCUT2D eigenvalue weighted by molar-refractivity contribution is 6.42. The summed E-state index contributed by atoms with van der Waals surface area (Å²) in [6, 6.07) is 10.5. The van der Waals surface area contributed by atoms with Crippen molar-refractivity contribution in [2.75, 3.05) is 25.0 Å². The van der Waals surface area contributed by atoms with Gasteiger partial charge in [0.1, 0.15) is 11.8 Å². The lowest BCUT2D eigenvalue weighted by atomic mass is 9.89. The van der Waals surface area contributed by atoms with Crippen LogP contribution < -0.4 is 5.32 Å². The Balaban J connectivity index is 1.56. The molecule has 1 N–H and O–H groups in total. The summed E-state index contributed by atoms with van der Waals surface area (Å²) in [5.41, 5.74) is 1.62. The molecule has 0 bridgehead atoms. The summed E-state index contributed by atoms with van der Waals surface area (Å²) in [7, 11) is 0. The molecule has 3 heterocycles. The molecule has 0 radical (unpaired) electrons. The average molecular weight is 471 g/mol. The molecule has 2 aromatic heterocycles. The van der Waals surface area contributed by atoms with Crippen LogP contribution in [0.5, 0.6) is 0 Å². The molecule has 1 aliphatic heterocycles. The van der Waals surface area contributed by atoms with Gasteiger partial charge in [-0.2, -0.15) is 5.26 Å². The first-order valence-electron chi connectivity index (χ1n) is 9.76. The van der Waals surface area contributed by atoms with Crippen molar-refractivity contribution in [2.24, 2.45) is 5.92 Å². The Labute approximate surface area is 193 Å². The molecule has 0 spiro atoms. The molecule has 32 heavy (non-hydrogen) atoms. The van der Waals surface area contributed by atoms with E-state index in [2.05, 4.69) is 20.3 Å². The number of aromatic nitrogens is 3. The zero-order valence-electron chi connectivity index (χ0n) is 16.7. The number of halogens is 3. The first-order chi connectivity index (χ1) is 15.4. The van der Waals surface area contributed by atoms with Crippen LogP contribution in [-0.2, 0) is 0 Å². The van der Waals surface area contributed by atoms with E-state index in [0.29, 0.717) is 41.2 Å². The normalized spacial score (nSPS) is 17.8. The van der Waals surface area contributed by atoms with E-state index < -0.39 is 5.82 Å². The molecule has 10 heteroatoms. The Hall–Kier alpha value is -3.28. The van der Waals surface area contributed by atoms with Crippen molar-refractivity contribution in [1.82, 2.24) is 19.9 Å². The van der Waals surface area contributed by atoms with Crippen LogP contribution in [0.2, 0.25) is 10.0 Å². The summed E-state index contributed by atoms with van der Waals surface area (Å²) in [5, 5.41) is 12.9. The van der Waals surface area contributed by atoms with Crippen molar-refractivity contribution in [3.8, 4) is 6.07 Å². The molecule has 1 aromatic carbocycles. The van der Waals surface area contributed by atoms with Crippen molar-refractivity contribution < 1.29 is 9.18 Å². The van der Waals surface area contributed by atoms with Gasteiger partial charge >= 0.3 is 0 Å². The first-order valence-corrected chi connectivity index (χ1v) is 10.5. The largest absolute Gasteiger partial charge is 0.354 e. The minimum atomic E-state index is -0.516. The van der Waals surface area contributed by atoms with Gasteiger partial charge in [-0.25, -0.2) is 19.3 Å². The van der Waals surface area contributed by atoms with Crippen LogP contribution in [-0.4, -0.2) is 45.4 Å². The molecular weight excluding hydrogens is 454 g/mol. The van der Waals surface area contributed by atoms with Crippen LogP contribution in [0.3, 0.4) is 0 Å². The van der Waals surface area contributed by atoms with Gasteiger partial charge in [0.2, 0.25) is 5.95 Å². The van der Waals surface area contributed by atoms with Gasteiger partial charge in [0.05, 0.1) is 28.0 Å². The second kappa shape index (κ2) is 9.47. The monoisotopic (exact) mass is 470 g/mol. The van der Waals surface area contributed by atoms with E-state index >= 15 is 0 Å². The molecule has 0 aliphatic carbocycles. The van der Waals surface area contributed by atoms with Gasteiger partial charge in [-0.05, 0) is 29.8 Å². The number of hydrogen-bond acceptors (Lipinski definition) is 6. The summed E-state index contributed by atoms with van der Waals surface area (Å²) in [4.78, 5) is 26.7. The predicted molar refractivity (Wildman–Crippen MR) is 118 cm³/mol. The van der Waals surface area contributed by atoms with Gasteiger partial charge in [0.15, 0.2) is 5.82 Å². The lowest BCUT2D eigenvalue weighted by Crippen LogP contribution is -2.30. The van der Waals surface area contributed by atoms with Gasteiger partial charge < -0.3 is 10.2 Å². The molecule has 7 nitrogen and oxygen atoms in total. The van der Waals surface area contributed by atoms with Crippen LogP contribution in [0.1, 0.15) is 27.5 Å². The minimum Gasteiger partial charge on any atom is -0.354 e. The van der Waals surface area contributed by atoms with E-state index in [1.54, 1.807) is 17.0 Å². The summed E-state index contributed by atoms with van der Waals surface area (Å²) >= 11 is 12.3. The molecular formula is C22H17Cl2FN6O. The number of amides is 1. The van der Waals surface area contributed by atoms with Gasteiger partial charge in [-0.3, -0.25) is 4.79 Å². The van der Waals surface area contributed by atoms with Crippen LogP contribution in [0.4, 0.5) is 10.3 Å². The Morgan fingerprint density at radius 2 is 1.91 bits per heavy atom. The van der Waals surface area contributed by atoms with Crippen molar-refractivity contribution in [2.45, 2.75) is 5.92 Å². The van der Waals surface area contributed by atoms with Crippen molar-refractivity contribution in [3.63, 3.8) is 0 Å². The maximum absolute atomic E-state index is 13.1. The highest BCUT2D eigenvalue weighted by Gasteiger charge is 2.36. The molecule has 1 fully saturated rings. The number of nitrogens with one attached hydrogen (secondary N) is 1. The number of nitriles is 1. The zero-order valence-corrected chi connectivity index (χ0v) is 18.2. The fraction of sp³-hybridized carbons (Fsp3) is 0.227. The lowest BCUT2D eigenvalue weighted by Gasteiger charge is -2.19. The van der Waals surface area contributed by atoms with E-state index in [-0.39, 0.29) is 23.4 Å². The number of hydrogen-bond donors (Lipinski definition) is 1. The Morgan fingerprint density at radius 1 is 1.12 bits per heavy atom. The van der Waals surface area contributed by atoms with E-state index in [1.165, 1.54) is 12.3 Å². The summed E-state index contributed by atoms with van der Waals surface area (Å²) in [6.07, 6.45) is 3.59. The third-order valence-corrected chi connectivity index (χ3v) is 6.11. The SMILES string of the molecule is N#Cc1ccc(C(=O)N2CC(CNc3ncc(F)cn3)C(c3ccc(Cl)c(Cl)c3)C2)cn1. The van der Waals surface area contributed by atoms with E-state index in [0.717, 1.165) is 18.0 Å². The number of carbonyl (C=O) groups excluding carboxylic acids is 1. The average Bonchev–Trinajstić information content (AvgIpc) is 3.24. The lowest BCUT2D eigenvalue weighted by molar-refractivity contribution is 0.0786. The van der Waals surface area contributed by atoms with Crippen LogP contribution >= 0.6 is 23.2 Å². The second-order valence-electron chi connectivity index (χ2n) is 7.40. The smallest absolute Gasteiger partial charge is 0.255 e. The van der Waals surface area contributed by atoms with Gasteiger partial charge in [0.25, 0.3) is 5.91 Å². The molecule has 1 aliphatic rings. The highest BCUT2D eigenvalue weighted by atomic mass is 35.5. The third kappa shape index (κ3) is 4.79. The van der Waals surface area contributed by atoms with E-state index in [1.807, 2.05) is 18.2 Å². The number of carbonyl (C=O) groups is 1. The first kappa shape index (κ1) is 21.9. The number of pyridine rings is 1. The van der Waals surface area contributed by atoms with Gasteiger partial charge in [-0.15, -0.1) is 0 Å². The van der Waals surface area contributed by atoms with Crippen molar-refractivity contribution in [3.05, 3.63) is 81.6 Å². The summed E-state index contributed by atoms with van der Waals surface area (Å²) in [6.45, 7) is 1.40. The van der Waals surface area contributed by atoms with Gasteiger partial charge in [0, 0.05) is 37.7 Å². The van der Waals surface area contributed by atoms with Crippen LogP contribution in [0.15, 0.2) is 48.9 Å². The van der Waals surface area contributed by atoms with Crippen LogP contribution in [0.25, 0.3) is 0 Å². The summed E-state index contributed by atoms with van der Waals surface area (Å²) in [5.74, 6) is -0.393. The van der Waals surface area contributed by atoms with Crippen molar-refractivity contribution >= 4 is 35.1 Å². The molecule has 3 aromatic rings. The second-order valence-corrected chi connectivity index (χ2v) is 8.21. The number of benzene rings is 1. The third-order valence-electron chi connectivity index (χ3n) is 5.37. The van der Waals surface area contributed by atoms with Gasteiger partial charge in [-0.1, -0.05) is 29.3 Å². The Morgan fingerprint density at radius 3 is 2.56 bits per heavy atom. The number of likely N-dealkylation sites (tertiary alicyclic amines) is 1. The topological polar surface area (TPSA) is 94.8 Å². The zero-order chi connectivity index (χ0) is 22.7. The molecule has 0 saturated carbocycles. The highest BCUT2D eigenvalue weighted by Crippen LogP contribution is 2.36. The van der Waals surface area contributed by atoms with E-state index in [9.17, 15) is 9.18 Å². The fourth-order valence-electron chi connectivity index (χ4n) is 3.76. The molecule has 4 rings (SSSR count). The maximum atomic E-state index is 13.1. The number of anilines is 1. The fourth-order valence-corrected chi connectivity index (χ4v) is 4.07. The predicted octanol–water partition coefficient (Wildman–Crippen LogP) is 4.16. The Kier molecular flexibility index (Phi) is 6.49.